The molecule has 1 aromatic carbocycles. The summed E-state index contributed by atoms with van der Waals surface area (Å²) in [5.41, 5.74) is 1.35. The molecular formula is C17H25N3S. The Morgan fingerprint density at radius 1 is 1.24 bits per heavy atom. The molecule has 21 heavy (non-hydrogen) atoms. The fourth-order valence-electron chi connectivity index (χ4n) is 2.25. The van der Waals surface area contributed by atoms with Crippen LogP contribution in [0.4, 0.5) is 0 Å². The van der Waals surface area contributed by atoms with Gasteiger partial charge < -0.3 is 9.88 Å². The first kappa shape index (κ1) is 16.1. The number of nitrogens with one attached hydrogen (secondary N) is 1. The van der Waals surface area contributed by atoms with Gasteiger partial charge in [0.25, 0.3) is 0 Å². The van der Waals surface area contributed by atoms with Crippen molar-refractivity contribution in [1.82, 2.24) is 14.9 Å². The van der Waals surface area contributed by atoms with Crippen molar-refractivity contribution < 1.29 is 0 Å². The molecule has 3 nitrogen and oxygen atoms in total. The van der Waals surface area contributed by atoms with Crippen LogP contribution in [0.2, 0.25) is 0 Å². The lowest BCUT2D eigenvalue weighted by atomic mass is 10.1. The molecule has 0 saturated carbocycles. The predicted octanol–water partition coefficient (Wildman–Crippen LogP) is 4.26. The van der Waals surface area contributed by atoms with Crippen LogP contribution in [0.25, 0.3) is 0 Å². The zero-order valence-electron chi connectivity index (χ0n) is 13.2. The summed E-state index contributed by atoms with van der Waals surface area (Å²) in [5, 5.41) is 3.52. The number of aryl methyl sites for hydroxylation is 1. The maximum absolute atomic E-state index is 4.41. The lowest BCUT2D eigenvalue weighted by Gasteiger charge is -2.14. The van der Waals surface area contributed by atoms with Crippen LogP contribution in [-0.4, -0.2) is 16.1 Å². The number of aromatic nitrogens is 2. The summed E-state index contributed by atoms with van der Waals surface area (Å²) < 4.78 is 2.19. The molecule has 0 aliphatic carbocycles. The summed E-state index contributed by atoms with van der Waals surface area (Å²) >= 11 is 1.84. The zero-order valence-corrected chi connectivity index (χ0v) is 14.0. The van der Waals surface area contributed by atoms with E-state index < -0.39 is 0 Å². The summed E-state index contributed by atoms with van der Waals surface area (Å²) in [6, 6.07) is 9.29. The van der Waals surface area contributed by atoms with Crippen molar-refractivity contribution in [2.24, 2.45) is 0 Å². The molecule has 0 bridgehead atoms. The summed E-state index contributed by atoms with van der Waals surface area (Å²) in [6.45, 7) is 8.61. The maximum atomic E-state index is 4.41. The molecule has 1 heterocycles. The van der Waals surface area contributed by atoms with Crippen LogP contribution in [-0.2, 0) is 12.3 Å². The van der Waals surface area contributed by atoms with Crippen LogP contribution >= 0.6 is 11.8 Å². The van der Waals surface area contributed by atoms with Gasteiger partial charge in [-0.05, 0) is 44.5 Å². The molecule has 114 valence electrons. The topological polar surface area (TPSA) is 29.9 Å². The fraction of sp³-hybridized carbons (Fsp3) is 0.471. The van der Waals surface area contributed by atoms with Crippen molar-refractivity contribution in [2.45, 2.75) is 50.4 Å². The van der Waals surface area contributed by atoms with Gasteiger partial charge in [0.05, 0.1) is 5.75 Å². The number of hydrogen-bond acceptors (Lipinski definition) is 3. The Morgan fingerprint density at radius 2 is 2.00 bits per heavy atom. The minimum absolute atomic E-state index is 0.419. The molecule has 0 fully saturated rings. The molecule has 2 rings (SSSR count). The molecule has 2 aromatic rings. The number of rotatable bonds is 8. The molecule has 0 saturated heterocycles. The lowest BCUT2D eigenvalue weighted by Crippen LogP contribution is -2.19. The van der Waals surface area contributed by atoms with E-state index in [0.29, 0.717) is 6.04 Å². The smallest absolute Gasteiger partial charge is 0.119 e. The molecule has 0 radical (unpaired) electrons. The monoisotopic (exact) mass is 303 g/mol. The molecular weight excluding hydrogens is 278 g/mol. The van der Waals surface area contributed by atoms with Gasteiger partial charge in [-0.25, -0.2) is 4.98 Å². The second-order valence-electron chi connectivity index (χ2n) is 5.16. The minimum Gasteiger partial charge on any atom is -0.335 e. The van der Waals surface area contributed by atoms with Gasteiger partial charge in [0.15, 0.2) is 0 Å². The number of thioether (sulfide) groups is 1. The zero-order chi connectivity index (χ0) is 15.1. The van der Waals surface area contributed by atoms with Crippen molar-refractivity contribution >= 4 is 11.8 Å². The number of hydrogen-bond donors (Lipinski definition) is 1. The van der Waals surface area contributed by atoms with Crippen molar-refractivity contribution in [2.75, 3.05) is 6.54 Å². The van der Waals surface area contributed by atoms with E-state index in [1.807, 2.05) is 24.2 Å². The summed E-state index contributed by atoms with van der Waals surface area (Å²) in [7, 11) is 0. The first-order valence-corrected chi connectivity index (χ1v) is 8.69. The molecule has 1 unspecified atom stereocenters. The first-order chi connectivity index (χ1) is 10.2. The Labute approximate surface area is 132 Å². The van der Waals surface area contributed by atoms with E-state index in [-0.39, 0.29) is 0 Å². The van der Waals surface area contributed by atoms with Gasteiger partial charge in [0.1, 0.15) is 5.82 Å². The van der Waals surface area contributed by atoms with Crippen LogP contribution in [0.3, 0.4) is 0 Å². The lowest BCUT2D eigenvalue weighted by molar-refractivity contribution is 0.570. The Hall–Kier alpha value is -1.26. The average Bonchev–Trinajstić information content (AvgIpc) is 2.98. The van der Waals surface area contributed by atoms with Crippen molar-refractivity contribution in [1.29, 1.82) is 0 Å². The quantitative estimate of drug-likeness (QED) is 0.739. The number of benzene rings is 1. The van der Waals surface area contributed by atoms with Gasteiger partial charge >= 0.3 is 0 Å². The Morgan fingerprint density at radius 3 is 2.67 bits per heavy atom. The average molecular weight is 303 g/mol. The fourth-order valence-corrected chi connectivity index (χ4v) is 3.11. The number of imidazole rings is 1. The van der Waals surface area contributed by atoms with E-state index in [4.69, 9.17) is 0 Å². The van der Waals surface area contributed by atoms with Gasteiger partial charge in [-0.2, -0.15) is 0 Å². The largest absolute Gasteiger partial charge is 0.335 e. The Kier molecular flexibility index (Phi) is 6.33. The Bertz CT molecular complexity index is 533. The third kappa shape index (κ3) is 4.61. The molecule has 0 spiro atoms. The third-order valence-electron chi connectivity index (χ3n) is 3.59. The van der Waals surface area contributed by atoms with Crippen LogP contribution in [0.15, 0.2) is 41.6 Å². The van der Waals surface area contributed by atoms with Gasteiger partial charge in [0.2, 0.25) is 0 Å². The molecule has 1 aromatic heterocycles. The molecule has 0 aliphatic heterocycles. The second-order valence-corrected chi connectivity index (χ2v) is 6.21. The molecule has 4 heteroatoms. The van der Waals surface area contributed by atoms with E-state index in [9.17, 15) is 0 Å². The van der Waals surface area contributed by atoms with Crippen LogP contribution in [0, 0.1) is 0 Å². The second kappa shape index (κ2) is 8.25. The van der Waals surface area contributed by atoms with E-state index in [0.717, 1.165) is 24.7 Å². The SMILES string of the molecule is CCCNC(C)c1ccc(SCc2nccn2CC)cc1. The molecule has 1 atom stereocenters. The van der Waals surface area contributed by atoms with Crippen molar-refractivity contribution in [3.8, 4) is 0 Å². The standard InChI is InChI=1S/C17H25N3S/c1-4-10-18-14(3)15-6-8-16(9-7-15)21-13-17-19-11-12-20(17)5-2/h6-9,11-12,14,18H,4-5,10,13H2,1-3H3. The summed E-state index contributed by atoms with van der Waals surface area (Å²) in [6.07, 6.45) is 5.09. The summed E-state index contributed by atoms with van der Waals surface area (Å²) in [5.74, 6) is 2.06. The van der Waals surface area contributed by atoms with Crippen LogP contribution in [0.5, 0.6) is 0 Å². The van der Waals surface area contributed by atoms with Crippen LogP contribution in [0.1, 0.15) is 44.6 Å². The normalized spacial score (nSPS) is 12.5. The van der Waals surface area contributed by atoms with Crippen LogP contribution < -0.4 is 5.32 Å². The Balaban J connectivity index is 1.90. The molecule has 1 N–H and O–H groups in total. The van der Waals surface area contributed by atoms with E-state index in [2.05, 4.69) is 59.9 Å². The highest BCUT2D eigenvalue weighted by Gasteiger charge is 2.05. The highest BCUT2D eigenvalue weighted by molar-refractivity contribution is 7.98. The van der Waals surface area contributed by atoms with Crippen molar-refractivity contribution in [3.05, 3.63) is 48.0 Å². The highest BCUT2D eigenvalue weighted by atomic mass is 32.2. The first-order valence-electron chi connectivity index (χ1n) is 7.70. The maximum Gasteiger partial charge on any atom is 0.119 e. The van der Waals surface area contributed by atoms with E-state index in [1.54, 1.807) is 0 Å². The van der Waals surface area contributed by atoms with E-state index >= 15 is 0 Å². The van der Waals surface area contributed by atoms with E-state index in [1.165, 1.54) is 16.9 Å². The van der Waals surface area contributed by atoms with Crippen molar-refractivity contribution in [3.63, 3.8) is 0 Å². The van der Waals surface area contributed by atoms with Gasteiger partial charge in [-0.1, -0.05) is 19.1 Å². The number of nitrogens with zero attached hydrogens (tertiary/aromatic N) is 2. The van der Waals surface area contributed by atoms with Gasteiger partial charge in [-0.3, -0.25) is 0 Å². The third-order valence-corrected chi connectivity index (χ3v) is 4.60. The highest BCUT2D eigenvalue weighted by Crippen LogP contribution is 2.24. The molecule has 0 aliphatic rings. The van der Waals surface area contributed by atoms with Gasteiger partial charge in [0, 0.05) is 29.9 Å². The minimum atomic E-state index is 0.419. The predicted molar refractivity (Wildman–Crippen MR) is 90.6 cm³/mol. The molecule has 0 amide bonds. The van der Waals surface area contributed by atoms with Gasteiger partial charge in [-0.15, -0.1) is 11.8 Å². The summed E-state index contributed by atoms with van der Waals surface area (Å²) in [4.78, 5) is 5.71.